The number of urea groups is 1. The minimum Gasteiger partial charge on any atom is -0.353 e. The number of nitrogens with zero attached hydrogens (tertiary/aromatic N) is 4. The van der Waals surface area contributed by atoms with Crippen molar-refractivity contribution in [2.24, 2.45) is 0 Å². The third kappa shape index (κ3) is 4.31. The molecule has 1 saturated heterocycles. The summed E-state index contributed by atoms with van der Waals surface area (Å²) in [5.74, 6) is 0.575. The Labute approximate surface area is 151 Å². The van der Waals surface area contributed by atoms with Gasteiger partial charge in [0.1, 0.15) is 5.82 Å². The number of hydrogen-bond acceptors (Lipinski definition) is 5. The molecule has 1 fully saturated rings. The number of hydrogen-bond donors (Lipinski definition) is 2. The van der Waals surface area contributed by atoms with Gasteiger partial charge in [-0.25, -0.2) is 9.78 Å². The molecule has 3 rings (SSSR count). The summed E-state index contributed by atoms with van der Waals surface area (Å²) in [5, 5.41) is 12.6. The Morgan fingerprint density at radius 1 is 1.38 bits per heavy atom. The van der Waals surface area contributed by atoms with Crippen molar-refractivity contribution in [2.75, 3.05) is 23.3 Å². The number of aromatic nitrogens is 3. The predicted octanol–water partition coefficient (Wildman–Crippen LogP) is 2.94. The lowest BCUT2D eigenvalue weighted by Crippen LogP contribution is -2.40. The molecule has 3 heterocycles. The van der Waals surface area contributed by atoms with Crippen molar-refractivity contribution < 1.29 is 18.0 Å². The highest BCUT2D eigenvalue weighted by Crippen LogP contribution is 2.34. The molecular weight excluding hydrogens is 373 g/mol. The first-order valence-corrected chi connectivity index (χ1v) is 8.03. The molecule has 2 amide bonds. The lowest BCUT2D eigenvalue weighted by atomic mass is 10.2. The van der Waals surface area contributed by atoms with E-state index in [1.807, 2.05) is 0 Å². The molecule has 0 aliphatic carbocycles. The van der Waals surface area contributed by atoms with E-state index in [9.17, 15) is 18.0 Å². The zero-order valence-electron chi connectivity index (χ0n) is 13.3. The summed E-state index contributed by atoms with van der Waals surface area (Å²) in [6.07, 6.45) is -1.66. The molecule has 1 aliphatic heterocycles. The van der Waals surface area contributed by atoms with Gasteiger partial charge in [0.15, 0.2) is 5.82 Å². The quantitative estimate of drug-likeness (QED) is 0.847. The molecule has 2 aromatic rings. The Bertz CT molecular complexity index is 789. The Morgan fingerprint density at radius 3 is 2.85 bits per heavy atom. The number of amides is 2. The first kappa shape index (κ1) is 18.2. The van der Waals surface area contributed by atoms with Crippen LogP contribution in [0.1, 0.15) is 12.0 Å². The van der Waals surface area contributed by atoms with Crippen LogP contribution in [-0.2, 0) is 6.18 Å². The average molecular weight is 387 g/mol. The van der Waals surface area contributed by atoms with Crippen molar-refractivity contribution >= 4 is 29.3 Å². The van der Waals surface area contributed by atoms with Gasteiger partial charge in [0.2, 0.25) is 0 Å². The van der Waals surface area contributed by atoms with E-state index in [0.717, 1.165) is 12.3 Å². The van der Waals surface area contributed by atoms with Crippen LogP contribution in [0, 0.1) is 0 Å². The Hall–Kier alpha value is -2.62. The summed E-state index contributed by atoms with van der Waals surface area (Å²) in [6, 6.07) is 3.44. The van der Waals surface area contributed by atoms with Gasteiger partial charge >= 0.3 is 12.2 Å². The molecule has 0 bridgehead atoms. The molecule has 1 unspecified atom stereocenters. The Balaban J connectivity index is 1.59. The maximum Gasteiger partial charge on any atom is 0.417 e. The minimum atomic E-state index is -4.50. The van der Waals surface area contributed by atoms with Crippen molar-refractivity contribution in [2.45, 2.75) is 18.6 Å². The van der Waals surface area contributed by atoms with Crippen LogP contribution in [0.2, 0.25) is 5.02 Å². The summed E-state index contributed by atoms with van der Waals surface area (Å²) in [7, 11) is 0. The fourth-order valence-electron chi connectivity index (χ4n) is 2.59. The van der Waals surface area contributed by atoms with Crippen molar-refractivity contribution in [1.29, 1.82) is 0 Å². The number of pyridine rings is 1. The van der Waals surface area contributed by atoms with Gasteiger partial charge < -0.3 is 10.2 Å². The van der Waals surface area contributed by atoms with Crippen molar-refractivity contribution in [3.05, 3.63) is 41.2 Å². The third-order valence-corrected chi connectivity index (χ3v) is 4.06. The number of carbonyl (C=O) groups is 1. The third-order valence-electron chi connectivity index (χ3n) is 3.79. The monoisotopic (exact) mass is 386 g/mol. The van der Waals surface area contributed by atoms with Crippen LogP contribution in [0.3, 0.4) is 0 Å². The average Bonchev–Trinajstić information content (AvgIpc) is 3.02. The smallest absolute Gasteiger partial charge is 0.353 e. The summed E-state index contributed by atoms with van der Waals surface area (Å²) >= 11 is 5.96. The normalized spacial score (nSPS) is 17.2. The molecule has 0 saturated carbocycles. The second-order valence-electron chi connectivity index (χ2n) is 5.67. The molecule has 11 heteroatoms. The summed E-state index contributed by atoms with van der Waals surface area (Å²) in [6.45, 7) is 0.889. The zero-order valence-corrected chi connectivity index (χ0v) is 14.1. The largest absolute Gasteiger partial charge is 0.417 e. The molecule has 1 atom stereocenters. The molecule has 26 heavy (non-hydrogen) atoms. The van der Waals surface area contributed by atoms with Crippen LogP contribution < -0.4 is 15.5 Å². The van der Waals surface area contributed by atoms with Crippen LogP contribution >= 0.6 is 11.6 Å². The van der Waals surface area contributed by atoms with Gasteiger partial charge in [-0.05, 0) is 24.6 Å². The summed E-state index contributed by atoms with van der Waals surface area (Å²) in [5.41, 5.74) is -0.900. The van der Waals surface area contributed by atoms with Gasteiger partial charge in [0, 0.05) is 31.5 Å². The maximum atomic E-state index is 12.7. The second kappa shape index (κ2) is 7.32. The highest BCUT2D eigenvalue weighted by Gasteiger charge is 2.33. The van der Waals surface area contributed by atoms with Crippen LogP contribution in [0.4, 0.5) is 29.6 Å². The lowest BCUT2D eigenvalue weighted by molar-refractivity contribution is -0.137. The Kier molecular flexibility index (Phi) is 5.12. The van der Waals surface area contributed by atoms with E-state index in [2.05, 4.69) is 25.8 Å². The first-order chi connectivity index (χ1) is 12.3. The van der Waals surface area contributed by atoms with Gasteiger partial charge in [-0.1, -0.05) is 11.6 Å². The molecule has 2 aromatic heterocycles. The van der Waals surface area contributed by atoms with Crippen LogP contribution in [0.5, 0.6) is 0 Å². The number of halogens is 4. The molecule has 0 aromatic carbocycles. The molecule has 7 nitrogen and oxygen atoms in total. The van der Waals surface area contributed by atoms with Gasteiger partial charge in [-0.15, -0.1) is 5.10 Å². The van der Waals surface area contributed by atoms with Crippen molar-refractivity contribution in [3.8, 4) is 0 Å². The van der Waals surface area contributed by atoms with E-state index in [-0.39, 0.29) is 16.9 Å². The minimum absolute atomic E-state index is 0.0792. The molecule has 1 aliphatic rings. The number of nitrogens with one attached hydrogen (secondary N) is 2. The van der Waals surface area contributed by atoms with E-state index in [0.29, 0.717) is 25.3 Å². The van der Waals surface area contributed by atoms with Gasteiger partial charge in [-0.3, -0.25) is 5.32 Å². The number of rotatable bonds is 3. The van der Waals surface area contributed by atoms with E-state index in [4.69, 9.17) is 11.6 Å². The predicted molar refractivity (Wildman–Crippen MR) is 89.1 cm³/mol. The van der Waals surface area contributed by atoms with E-state index >= 15 is 0 Å². The Morgan fingerprint density at radius 2 is 2.19 bits per heavy atom. The van der Waals surface area contributed by atoms with Crippen molar-refractivity contribution in [3.63, 3.8) is 0 Å². The number of carbonyl (C=O) groups excluding carboxylic acids is 1. The van der Waals surface area contributed by atoms with E-state index in [1.54, 1.807) is 17.0 Å². The maximum absolute atomic E-state index is 12.7. The highest BCUT2D eigenvalue weighted by atomic mass is 35.5. The number of alkyl halides is 3. The fourth-order valence-corrected chi connectivity index (χ4v) is 2.88. The van der Waals surface area contributed by atoms with E-state index in [1.165, 1.54) is 6.20 Å². The van der Waals surface area contributed by atoms with Crippen molar-refractivity contribution in [1.82, 2.24) is 20.5 Å². The molecule has 138 valence electrons. The topological polar surface area (TPSA) is 83.0 Å². The van der Waals surface area contributed by atoms with Crippen LogP contribution in [-0.4, -0.2) is 40.3 Å². The highest BCUT2D eigenvalue weighted by molar-refractivity contribution is 6.33. The second-order valence-corrected chi connectivity index (χ2v) is 6.07. The summed E-state index contributed by atoms with van der Waals surface area (Å²) < 4.78 is 38.1. The fraction of sp³-hybridized carbons (Fsp3) is 0.333. The molecule has 0 spiro atoms. The van der Waals surface area contributed by atoms with Gasteiger partial charge in [0.05, 0.1) is 10.6 Å². The van der Waals surface area contributed by atoms with Crippen LogP contribution in [0.25, 0.3) is 0 Å². The number of anilines is 2. The van der Waals surface area contributed by atoms with E-state index < -0.39 is 17.8 Å². The SMILES string of the molecule is O=C(Nc1cccnn1)NC1CCN(c2ncc(C(F)(F)F)cc2Cl)C1. The zero-order chi connectivity index (χ0) is 18.7. The molecular formula is C15H14ClF3N6O. The van der Waals surface area contributed by atoms with Crippen LogP contribution in [0.15, 0.2) is 30.6 Å². The molecule has 0 radical (unpaired) electrons. The lowest BCUT2D eigenvalue weighted by Gasteiger charge is -2.20. The summed E-state index contributed by atoms with van der Waals surface area (Å²) in [4.78, 5) is 17.5. The standard InChI is InChI=1S/C15H14ClF3N6O/c16-11-6-9(15(17,18)19)7-20-13(11)25-5-3-10(8-25)22-14(26)23-12-2-1-4-21-24-12/h1-2,4,6-7,10H,3,5,8H2,(H2,22,23,24,26). The van der Waals surface area contributed by atoms with Gasteiger partial charge in [0.25, 0.3) is 0 Å². The molecule has 2 N–H and O–H groups in total. The first-order valence-electron chi connectivity index (χ1n) is 7.66. The van der Waals surface area contributed by atoms with Gasteiger partial charge in [-0.2, -0.15) is 18.3 Å².